The summed E-state index contributed by atoms with van der Waals surface area (Å²) in [6.45, 7) is 0.0474. The highest BCUT2D eigenvalue weighted by Gasteiger charge is 2.20. The van der Waals surface area contributed by atoms with Crippen molar-refractivity contribution >= 4 is 17.9 Å². The molecule has 0 aliphatic heterocycles. The van der Waals surface area contributed by atoms with E-state index in [1.807, 2.05) is 0 Å². The average molecular weight is 297 g/mol. The van der Waals surface area contributed by atoms with E-state index in [1.54, 1.807) is 6.07 Å². The van der Waals surface area contributed by atoms with Gasteiger partial charge in [-0.3, -0.25) is 4.79 Å². The first-order chi connectivity index (χ1) is 9.88. The van der Waals surface area contributed by atoms with E-state index in [9.17, 15) is 18.8 Å². The number of primary amides is 1. The molecule has 1 aromatic carbocycles. The van der Waals surface area contributed by atoms with Gasteiger partial charge in [-0.25, -0.2) is 14.0 Å². The third-order valence-corrected chi connectivity index (χ3v) is 2.62. The van der Waals surface area contributed by atoms with Gasteiger partial charge in [0.1, 0.15) is 11.9 Å². The highest BCUT2D eigenvalue weighted by molar-refractivity contribution is 5.83. The zero-order valence-electron chi connectivity index (χ0n) is 11.1. The predicted octanol–water partition coefficient (Wildman–Crippen LogP) is 0.344. The van der Waals surface area contributed by atoms with E-state index < -0.39 is 29.8 Å². The Balaban J connectivity index is 2.46. The number of carbonyl (C=O) groups is 3. The van der Waals surface area contributed by atoms with E-state index >= 15 is 0 Å². The first kappa shape index (κ1) is 16.4. The van der Waals surface area contributed by atoms with Crippen LogP contribution in [-0.4, -0.2) is 29.1 Å². The summed E-state index contributed by atoms with van der Waals surface area (Å²) in [5.41, 5.74) is 5.46. The molecule has 8 heteroatoms. The predicted molar refractivity (Wildman–Crippen MR) is 71.6 cm³/mol. The zero-order chi connectivity index (χ0) is 15.8. The Hall–Kier alpha value is -2.64. The molecule has 21 heavy (non-hydrogen) atoms. The number of urea groups is 1. The van der Waals surface area contributed by atoms with Gasteiger partial charge in [0.25, 0.3) is 0 Å². The van der Waals surface area contributed by atoms with Crippen LogP contribution in [0, 0.1) is 5.82 Å². The van der Waals surface area contributed by atoms with Crippen molar-refractivity contribution in [2.45, 2.75) is 25.4 Å². The number of benzene rings is 1. The molecule has 0 aliphatic carbocycles. The van der Waals surface area contributed by atoms with Crippen molar-refractivity contribution in [1.82, 2.24) is 10.6 Å². The van der Waals surface area contributed by atoms with Crippen molar-refractivity contribution in [2.24, 2.45) is 5.73 Å². The molecular formula is C13H16FN3O4. The molecule has 0 aliphatic rings. The van der Waals surface area contributed by atoms with E-state index in [1.165, 1.54) is 18.2 Å². The monoisotopic (exact) mass is 297 g/mol. The second-order valence-electron chi connectivity index (χ2n) is 4.35. The maximum atomic E-state index is 12.9. The molecule has 1 atom stereocenters. The maximum absolute atomic E-state index is 12.9. The molecule has 0 saturated heterocycles. The number of aliphatic carboxylic acids is 1. The normalized spacial score (nSPS) is 11.5. The SMILES string of the molecule is NC(=O)CC[C@H](NC(=O)NCc1cccc(F)c1)C(=O)O. The number of rotatable bonds is 7. The van der Waals surface area contributed by atoms with Gasteiger partial charge in [-0.15, -0.1) is 0 Å². The van der Waals surface area contributed by atoms with E-state index in [0.717, 1.165) is 0 Å². The summed E-state index contributed by atoms with van der Waals surface area (Å²) in [4.78, 5) is 33.1. The van der Waals surface area contributed by atoms with E-state index in [-0.39, 0.29) is 19.4 Å². The third-order valence-electron chi connectivity index (χ3n) is 2.62. The van der Waals surface area contributed by atoms with Crippen LogP contribution < -0.4 is 16.4 Å². The van der Waals surface area contributed by atoms with Crippen molar-refractivity contribution in [2.75, 3.05) is 0 Å². The number of carboxylic acid groups (broad SMARTS) is 1. The molecule has 0 saturated carbocycles. The van der Waals surface area contributed by atoms with E-state index in [2.05, 4.69) is 10.6 Å². The smallest absolute Gasteiger partial charge is 0.326 e. The Morgan fingerprint density at radius 2 is 2.05 bits per heavy atom. The van der Waals surface area contributed by atoms with Crippen LogP contribution in [-0.2, 0) is 16.1 Å². The van der Waals surface area contributed by atoms with Gasteiger partial charge in [-0.2, -0.15) is 0 Å². The quantitative estimate of drug-likeness (QED) is 0.580. The van der Waals surface area contributed by atoms with Crippen LogP contribution in [0.5, 0.6) is 0 Å². The summed E-state index contributed by atoms with van der Waals surface area (Å²) < 4.78 is 12.9. The van der Waals surface area contributed by atoms with Crippen LogP contribution in [0.15, 0.2) is 24.3 Å². The molecule has 1 aromatic rings. The van der Waals surface area contributed by atoms with E-state index in [4.69, 9.17) is 10.8 Å². The maximum Gasteiger partial charge on any atom is 0.326 e. The molecule has 114 valence electrons. The Bertz CT molecular complexity index is 536. The average Bonchev–Trinajstić information content (AvgIpc) is 2.40. The van der Waals surface area contributed by atoms with Crippen molar-refractivity contribution in [1.29, 1.82) is 0 Å². The zero-order valence-corrected chi connectivity index (χ0v) is 11.1. The number of carboxylic acids is 1. The fraction of sp³-hybridized carbons (Fsp3) is 0.308. The van der Waals surface area contributed by atoms with Crippen LogP contribution in [0.3, 0.4) is 0 Å². The fourth-order valence-corrected chi connectivity index (χ4v) is 1.58. The number of nitrogens with two attached hydrogens (primary N) is 1. The molecule has 0 spiro atoms. The first-order valence-corrected chi connectivity index (χ1v) is 6.18. The van der Waals surface area contributed by atoms with Gasteiger partial charge >= 0.3 is 12.0 Å². The Morgan fingerprint density at radius 1 is 1.33 bits per heavy atom. The molecular weight excluding hydrogens is 281 g/mol. The van der Waals surface area contributed by atoms with Crippen molar-refractivity contribution in [3.8, 4) is 0 Å². The van der Waals surface area contributed by atoms with Gasteiger partial charge in [-0.05, 0) is 24.1 Å². The highest BCUT2D eigenvalue weighted by atomic mass is 19.1. The second-order valence-corrected chi connectivity index (χ2v) is 4.35. The lowest BCUT2D eigenvalue weighted by Gasteiger charge is -2.14. The van der Waals surface area contributed by atoms with Gasteiger partial charge in [0.2, 0.25) is 5.91 Å². The Morgan fingerprint density at radius 3 is 2.62 bits per heavy atom. The molecule has 7 nitrogen and oxygen atoms in total. The summed E-state index contributed by atoms with van der Waals surface area (Å²) in [6, 6.07) is 3.69. The van der Waals surface area contributed by atoms with Crippen LogP contribution in [0.1, 0.15) is 18.4 Å². The van der Waals surface area contributed by atoms with Crippen molar-refractivity contribution in [3.63, 3.8) is 0 Å². The lowest BCUT2D eigenvalue weighted by Crippen LogP contribution is -2.46. The minimum atomic E-state index is -1.27. The number of halogens is 1. The Kier molecular flexibility index (Phi) is 6.12. The van der Waals surface area contributed by atoms with Gasteiger partial charge in [0, 0.05) is 13.0 Å². The molecule has 0 fully saturated rings. The molecule has 0 radical (unpaired) electrons. The van der Waals surface area contributed by atoms with Crippen molar-refractivity contribution < 1.29 is 23.9 Å². The van der Waals surface area contributed by atoms with E-state index in [0.29, 0.717) is 5.56 Å². The molecule has 0 bridgehead atoms. The minimum absolute atomic E-state index is 0.0474. The molecule has 0 aromatic heterocycles. The first-order valence-electron chi connectivity index (χ1n) is 6.18. The van der Waals surface area contributed by atoms with Crippen LogP contribution in [0.25, 0.3) is 0 Å². The fourth-order valence-electron chi connectivity index (χ4n) is 1.58. The third kappa shape index (κ3) is 6.37. The van der Waals surface area contributed by atoms with Crippen LogP contribution in [0.2, 0.25) is 0 Å². The van der Waals surface area contributed by atoms with Crippen molar-refractivity contribution in [3.05, 3.63) is 35.6 Å². The number of hydrogen-bond donors (Lipinski definition) is 4. The summed E-state index contributed by atoms with van der Waals surface area (Å²) in [6.07, 6.45) is -0.251. The van der Waals surface area contributed by atoms with Gasteiger partial charge in [0.15, 0.2) is 0 Å². The molecule has 0 unspecified atom stereocenters. The molecule has 3 amide bonds. The molecule has 5 N–H and O–H groups in total. The summed E-state index contributed by atoms with van der Waals surface area (Å²) in [5.74, 6) is -2.35. The number of hydrogen-bond acceptors (Lipinski definition) is 3. The standard InChI is InChI=1S/C13H16FN3O4/c14-9-3-1-2-8(6-9)7-16-13(21)17-10(12(19)20)4-5-11(15)18/h1-3,6,10H,4-5,7H2,(H2,15,18)(H,19,20)(H2,16,17,21)/t10-/m0/s1. The van der Waals surface area contributed by atoms with Crippen LogP contribution >= 0.6 is 0 Å². The van der Waals surface area contributed by atoms with Gasteiger partial charge in [0.05, 0.1) is 0 Å². The number of nitrogens with one attached hydrogen (secondary N) is 2. The number of amides is 3. The summed E-state index contributed by atoms with van der Waals surface area (Å²) >= 11 is 0. The lowest BCUT2D eigenvalue weighted by molar-refractivity contribution is -0.139. The molecule has 0 heterocycles. The van der Waals surface area contributed by atoms with Gasteiger partial charge < -0.3 is 21.5 Å². The second kappa shape index (κ2) is 7.83. The largest absolute Gasteiger partial charge is 0.480 e. The summed E-state index contributed by atoms with van der Waals surface area (Å²) in [7, 11) is 0. The van der Waals surface area contributed by atoms with Crippen LogP contribution in [0.4, 0.5) is 9.18 Å². The highest BCUT2D eigenvalue weighted by Crippen LogP contribution is 2.03. The summed E-state index contributed by atoms with van der Waals surface area (Å²) in [5, 5.41) is 13.5. The molecule has 1 rings (SSSR count). The lowest BCUT2D eigenvalue weighted by atomic mass is 10.1. The van der Waals surface area contributed by atoms with Gasteiger partial charge in [-0.1, -0.05) is 12.1 Å². The Labute approximate surface area is 120 Å². The number of carbonyl (C=O) groups excluding carboxylic acids is 2. The topological polar surface area (TPSA) is 122 Å². The minimum Gasteiger partial charge on any atom is -0.480 e.